The van der Waals surface area contributed by atoms with E-state index in [1.165, 1.54) is 31.2 Å². The van der Waals surface area contributed by atoms with Gasteiger partial charge in [0.2, 0.25) is 0 Å². The third-order valence-corrected chi connectivity index (χ3v) is 3.48. The monoisotopic (exact) mass is 275 g/mol. The standard InChI is InChI=1S/C18H29NO/c1-4-6-7-8-9-14-20-18-16(11-5-2)12-10-13-17(18)15(3)19/h5,10,12-13,15H,2,4,6-9,11,14,19H2,1,3H3. The Morgan fingerprint density at radius 1 is 1.25 bits per heavy atom. The Bertz CT molecular complexity index is 398. The fourth-order valence-electron chi connectivity index (χ4n) is 2.34. The van der Waals surface area contributed by atoms with E-state index in [1.807, 2.05) is 19.1 Å². The molecule has 0 saturated heterocycles. The summed E-state index contributed by atoms with van der Waals surface area (Å²) in [5.74, 6) is 0.970. The van der Waals surface area contributed by atoms with E-state index in [2.05, 4.69) is 25.6 Å². The molecule has 0 saturated carbocycles. The second-order valence-corrected chi connectivity index (χ2v) is 5.38. The van der Waals surface area contributed by atoms with Crippen LogP contribution in [0.5, 0.6) is 5.75 Å². The minimum atomic E-state index is -0.00476. The lowest BCUT2D eigenvalue weighted by molar-refractivity contribution is 0.298. The van der Waals surface area contributed by atoms with Gasteiger partial charge in [-0.3, -0.25) is 0 Å². The molecule has 2 nitrogen and oxygen atoms in total. The SMILES string of the molecule is C=CCc1cccc(C(C)N)c1OCCCCCCC. The summed E-state index contributed by atoms with van der Waals surface area (Å²) in [5, 5.41) is 0. The van der Waals surface area contributed by atoms with Gasteiger partial charge in [0.25, 0.3) is 0 Å². The molecule has 20 heavy (non-hydrogen) atoms. The average molecular weight is 275 g/mol. The number of hydrogen-bond donors (Lipinski definition) is 1. The lowest BCUT2D eigenvalue weighted by Gasteiger charge is -2.17. The highest BCUT2D eigenvalue weighted by Gasteiger charge is 2.12. The van der Waals surface area contributed by atoms with Gasteiger partial charge >= 0.3 is 0 Å². The Morgan fingerprint density at radius 2 is 2.00 bits per heavy atom. The van der Waals surface area contributed by atoms with Crippen LogP contribution in [0.15, 0.2) is 30.9 Å². The molecule has 0 aliphatic carbocycles. The summed E-state index contributed by atoms with van der Waals surface area (Å²) in [7, 11) is 0. The molecule has 112 valence electrons. The molecule has 2 heteroatoms. The van der Waals surface area contributed by atoms with E-state index in [0.29, 0.717) is 0 Å². The van der Waals surface area contributed by atoms with Crippen molar-refractivity contribution in [2.45, 2.75) is 58.4 Å². The van der Waals surface area contributed by atoms with E-state index in [4.69, 9.17) is 10.5 Å². The Morgan fingerprint density at radius 3 is 2.65 bits per heavy atom. The molecule has 2 N–H and O–H groups in total. The second-order valence-electron chi connectivity index (χ2n) is 5.38. The summed E-state index contributed by atoms with van der Waals surface area (Å²) in [4.78, 5) is 0. The smallest absolute Gasteiger partial charge is 0.127 e. The van der Waals surface area contributed by atoms with Crippen molar-refractivity contribution in [2.24, 2.45) is 5.73 Å². The zero-order chi connectivity index (χ0) is 14.8. The summed E-state index contributed by atoms with van der Waals surface area (Å²) in [6.45, 7) is 8.82. The van der Waals surface area contributed by atoms with Crippen LogP contribution in [0.2, 0.25) is 0 Å². The minimum Gasteiger partial charge on any atom is -0.493 e. The summed E-state index contributed by atoms with van der Waals surface area (Å²) < 4.78 is 6.03. The molecular formula is C18H29NO. The maximum atomic E-state index is 6.04. The first-order valence-corrected chi connectivity index (χ1v) is 7.81. The number of allylic oxidation sites excluding steroid dienone is 1. The molecule has 0 spiro atoms. The maximum absolute atomic E-state index is 6.04. The fourth-order valence-corrected chi connectivity index (χ4v) is 2.34. The largest absolute Gasteiger partial charge is 0.493 e. The first kappa shape index (κ1) is 16.8. The zero-order valence-corrected chi connectivity index (χ0v) is 13.0. The van der Waals surface area contributed by atoms with Gasteiger partial charge in [0.15, 0.2) is 0 Å². The summed E-state index contributed by atoms with van der Waals surface area (Å²) in [5.41, 5.74) is 8.32. The van der Waals surface area contributed by atoms with Gasteiger partial charge in [0, 0.05) is 11.6 Å². The number of hydrogen-bond acceptors (Lipinski definition) is 2. The van der Waals surface area contributed by atoms with Crippen LogP contribution in [0.25, 0.3) is 0 Å². The highest BCUT2D eigenvalue weighted by molar-refractivity contribution is 5.44. The molecule has 1 rings (SSSR count). The maximum Gasteiger partial charge on any atom is 0.127 e. The molecule has 0 fully saturated rings. The summed E-state index contributed by atoms with van der Waals surface area (Å²) >= 11 is 0. The summed E-state index contributed by atoms with van der Waals surface area (Å²) in [6.07, 6.45) is 8.98. The van der Waals surface area contributed by atoms with Crippen molar-refractivity contribution in [1.29, 1.82) is 0 Å². The van der Waals surface area contributed by atoms with E-state index < -0.39 is 0 Å². The van der Waals surface area contributed by atoms with Crippen LogP contribution >= 0.6 is 0 Å². The fraction of sp³-hybridized carbons (Fsp3) is 0.556. The van der Waals surface area contributed by atoms with Gasteiger partial charge in [-0.25, -0.2) is 0 Å². The predicted octanol–water partition coefficient (Wildman–Crippen LogP) is 4.78. The highest BCUT2D eigenvalue weighted by atomic mass is 16.5. The Kier molecular flexibility index (Phi) is 8.05. The van der Waals surface area contributed by atoms with Gasteiger partial charge in [-0.2, -0.15) is 0 Å². The third kappa shape index (κ3) is 5.38. The lowest BCUT2D eigenvalue weighted by Crippen LogP contribution is -2.10. The molecule has 0 heterocycles. The van der Waals surface area contributed by atoms with E-state index in [9.17, 15) is 0 Å². The number of para-hydroxylation sites is 1. The van der Waals surface area contributed by atoms with E-state index in [-0.39, 0.29) is 6.04 Å². The van der Waals surface area contributed by atoms with Crippen LogP contribution in [0.1, 0.15) is 63.1 Å². The Balaban J connectivity index is 2.63. The summed E-state index contributed by atoms with van der Waals surface area (Å²) in [6, 6.07) is 6.20. The van der Waals surface area contributed by atoms with Crippen LogP contribution in [0.3, 0.4) is 0 Å². The average Bonchev–Trinajstić information content (AvgIpc) is 2.44. The molecule has 0 aliphatic rings. The van der Waals surface area contributed by atoms with Crippen LogP contribution in [0.4, 0.5) is 0 Å². The van der Waals surface area contributed by atoms with Gasteiger partial charge in [-0.1, -0.05) is 56.9 Å². The Labute approximate surface area is 124 Å². The van der Waals surface area contributed by atoms with Crippen LogP contribution in [0, 0.1) is 0 Å². The molecule has 0 aliphatic heterocycles. The highest BCUT2D eigenvalue weighted by Crippen LogP contribution is 2.29. The molecule has 0 bridgehead atoms. The number of nitrogens with two attached hydrogens (primary N) is 1. The van der Waals surface area contributed by atoms with Crippen molar-refractivity contribution < 1.29 is 4.74 Å². The molecule has 1 aromatic rings. The second kappa shape index (κ2) is 9.60. The van der Waals surface area contributed by atoms with Gasteiger partial charge < -0.3 is 10.5 Å². The normalized spacial score (nSPS) is 12.2. The Hall–Kier alpha value is -1.28. The van der Waals surface area contributed by atoms with E-state index in [0.717, 1.165) is 30.8 Å². The first-order valence-electron chi connectivity index (χ1n) is 7.81. The van der Waals surface area contributed by atoms with Gasteiger partial charge in [0.1, 0.15) is 5.75 Å². The topological polar surface area (TPSA) is 35.2 Å². The first-order chi connectivity index (χ1) is 9.70. The van der Waals surface area contributed by atoms with Gasteiger partial charge in [-0.05, 0) is 25.3 Å². The van der Waals surface area contributed by atoms with Crippen molar-refractivity contribution in [1.82, 2.24) is 0 Å². The molecule has 0 amide bonds. The molecular weight excluding hydrogens is 246 g/mol. The van der Waals surface area contributed by atoms with Crippen molar-refractivity contribution in [3.05, 3.63) is 42.0 Å². The third-order valence-electron chi connectivity index (χ3n) is 3.48. The van der Waals surface area contributed by atoms with Crippen LogP contribution in [-0.4, -0.2) is 6.61 Å². The predicted molar refractivity (Wildman–Crippen MR) is 87.2 cm³/mol. The molecule has 1 atom stereocenters. The van der Waals surface area contributed by atoms with Crippen molar-refractivity contribution >= 4 is 0 Å². The van der Waals surface area contributed by atoms with Gasteiger partial charge in [0.05, 0.1) is 6.61 Å². The molecule has 0 aromatic heterocycles. The number of benzene rings is 1. The van der Waals surface area contributed by atoms with E-state index in [1.54, 1.807) is 0 Å². The van der Waals surface area contributed by atoms with Crippen LogP contribution in [-0.2, 0) is 6.42 Å². The quantitative estimate of drug-likeness (QED) is 0.492. The number of rotatable bonds is 10. The van der Waals surface area contributed by atoms with Crippen LogP contribution < -0.4 is 10.5 Å². The van der Waals surface area contributed by atoms with Crippen molar-refractivity contribution in [3.63, 3.8) is 0 Å². The minimum absolute atomic E-state index is 0.00476. The molecule has 1 unspecified atom stereocenters. The lowest BCUT2D eigenvalue weighted by atomic mass is 10.0. The molecule has 0 radical (unpaired) electrons. The van der Waals surface area contributed by atoms with Crippen molar-refractivity contribution in [3.8, 4) is 5.75 Å². The zero-order valence-electron chi connectivity index (χ0n) is 13.0. The van der Waals surface area contributed by atoms with Crippen molar-refractivity contribution in [2.75, 3.05) is 6.61 Å². The number of ether oxygens (including phenoxy) is 1. The number of unbranched alkanes of at least 4 members (excludes halogenated alkanes) is 4. The van der Waals surface area contributed by atoms with E-state index >= 15 is 0 Å². The van der Waals surface area contributed by atoms with Gasteiger partial charge in [-0.15, -0.1) is 6.58 Å². The molecule has 1 aromatic carbocycles.